The van der Waals surface area contributed by atoms with E-state index in [4.69, 9.17) is 11.6 Å². The van der Waals surface area contributed by atoms with Crippen LogP contribution in [0.5, 0.6) is 0 Å². The number of rotatable bonds is 0. The highest BCUT2D eigenvalue weighted by molar-refractivity contribution is 6.30. The van der Waals surface area contributed by atoms with Crippen LogP contribution in [0.3, 0.4) is 0 Å². The highest BCUT2D eigenvalue weighted by atomic mass is 35.5. The molecule has 0 fully saturated rings. The molecule has 0 heterocycles. The molecule has 1 radical (unpaired) electrons. The van der Waals surface area contributed by atoms with Gasteiger partial charge in [-0.1, -0.05) is 17.7 Å². The number of hydrogen-bond donors (Lipinski definition) is 0. The van der Waals surface area contributed by atoms with Gasteiger partial charge in [0, 0.05) is 11.1 Å². The van der Waals surface area contributed by atoms with Crippen molar-refractivity contribution >= 4 is 11.6 Å². The molecular formula is C7H3ClF3. The second-order valence-electron chi connectivity index (χ2n) is 1.92. The molecule has 0 saturated heterocycles. The lowest BCUT2D eigenvalue weighted by Gasteiger charge is -2.04. The standard InChI is InChI=1S/C7H3ClF3/c8-6-3-1-2-5(4-6)7(9,10)11/h1-2,4H. The molecule has 4 heteroatoms. The Morgan fingerprint density at radius 2 is 2.00 bits per heavy atom. The topological polar surface area (TPSA) is 0 Å². The molecule has 0 nitrogen and oxygen atoms in total. The molecule has 0 spiro atoms. The van der Waals surface area contributed by atoms with Crippen LogP contribution in [0.4, 0.5) is 13.2 Å². The van der Waals surface area contributed by atoms with E-state index in [2.05, 4.69) is 6.07 Å². The minimum atomic E-state index is -4.32. The van der Waals surface area contributed by atoms with E-state index in [1.54, 1.807) is 0 Å². The van der Waals surface area contributed by atoms with E-state index in [0.29, 0.717) is 0 Å². The van der Waals surface area contributed by atoms with Crippen LogP contribution in [0.15, 0.2) is 18.2 Å². The first-order valence-corrected chi connectivity index (χ1v) is 3.12. The van der Waals surface area contributed by atoms with Crippen molar-refractivity contribution in [2.75, 3.05) is 0 Å². The Bertz CT molecular complexity index is 254. The summed E-state index contributed by atoms with van der Waals surface area (Å²) in [6.45, 7) is 0. The smallest absolute Gasteiger partial charge is 0.166 e. The molecule has 0 bridgehead atoms. The van der Waals surface area contributed by atoms with Gasteiger partial charge in [0.25, 0.3) is 0 Å². The Morgan fingerprint density at radius 3 is 2.36 bits per heavy atom. The van der Waals surface area contributed by atoms with Crippen LogP contribution in [0.25, 0.3) is 0 Å². The third-order valence-electron chi connectivity index (χ3n) is 1.09. The molecule has 1 aromatic carbocycles. The molecule has 1 aromatic rings. The summed E-state index contributed by atoms with van der Waals surface area (Å²) in [6, 6.07) is 5.31. The number of alkyl halides is 3. The lowest BCUT2D eigenvalue weighted by atomic mass is 10.2. The van der Waals surface area contributed by atoms with Gasteiger partial charge in [0.2, 0.25) is 0 Å². The fourth-order valence-electron chi connectivity index (χ4n) is 0.614. The maximum atomic E-state index is 11.9. The summed E-state index contributed by atoms with van der Waals surface area (Å²) in [5, 5.41) is -0.0279. The predicted octanol–water partition coefficient (Wildman–Crippen LogP) is 3.16. The zero-order valence-corrected chi connectivity index (χ0v) is 6.00. The van der Waals surface area contributed by atoms with Crippen molar-refractivity contribution in [1.82, 2.24) is 0 Å². The van der Waals surface area contributed by atoms with Crippen molar-refractivity contribution in [2.24, 2.45) is 0 Å². The molecule has 1 rings (SSSR count). The summed E-state index contributed by atoms with van der Waals surface area (Å²) in [4.78, 5) is 0. The fraction of sp³-hybridized carbons (Fsp3) is 0.143. The first-order valence-electron chi connectivity index (χ1n) is 2.74. The van der Waals surface area contributed by atoms with E-state index in [1.165, 1.54) is 0 Å². The SMILES string of the molecule is FC(F)(F)c1cc[c]c(Cl)c1. The molecule has 0 aliphatic rings. The Hall–Kier alpha value is -0.700. The maximum Gasteiger partial charge on any atom is 0.416 e. The van der Waals surface area contributed by atoms with E-state index in [9.17, 15) is 13.2 Å². The van der Waals surface area contributed by atoms with Gasteiger partial charge in [0.15, 0.2) is 0 Å². The highest BCUT2D eigenvalue weighted by Crippen LogP contribution is 2.30. The zero-order chi connectivity index (χ0) is 8.48. The van der Waals surface area contributed by atoms with E-state index >= 15 is 0 Å². The largest absolute Gasteiger partial charge is 0.416 e. The third kappa shape index (κ3) is 2.12. The average Bonchev–Trinajstić information content (AvgIpc) is 1.86. The van der Waals surface area contributed by atoms with Crippen LogP contribution < -0.4 is 0 Å². The third-order valence-corrected chi connectivity index (χ3v) is 1.31. The summed E-state index contributed by atoms with van der Waals surface area (Å²) in [5.41, 5.74) is -0.749. The molecule has 0 saturated carbocycles. The highest BCUT2D eigenvalue weighted by Gasteiger charge is 2.30. The van der Waals surface area contributed by atoms with Crippen molar-refractivity contribution in [1.29, 1.82) is 0 Å². The predicted molar refractivity (Wildman–Crippen MR) is 35.3 cm³/mol. The maximum absolute atomic E-state index is 11.9. The minimum absolute atomic E-state index is 0.0279. The summed E-state index contributed by atoms with van der Waals surface area (Å²) in [5.74, 6) is 0. The molecule has 0 N–H and O–H groups in total. The normalized spacial score (nSPS) is 11.6. The Kier molecular flexibility index (Phi) is 2.09. The van der Waals surface area contributed by atoms with E-state index < -0.39 is 11.7 Å². The first-order chi connectivity index (χ1) is 5.00. The zero-order valence-electron chi connectivity index (χ0n) is 5.24. The summed E-state index contributed by atoms with van der Waals surface area (Å²) >= 11 is 5.30. The van der Waals surface area contributed by atoms with Gasteiger partial charge in [-0.05, 0) is 12.1 Å². The van der Waals surface area contributed by atoms with Crippen LogP contribution in [0, 0.1) is 6.07 Å². The van der Waals surface area contributed by atoms with Crippen molar-refractivity contribution in [3.63, 3.8) is 0 Å². The molecule has 0 amide bonds. The van der Waals surface area contributed by atoms with Gasteiger partial charge in [-0.15, -0.1) is 0 Å². The van der Waals surface area contributed by atoms with Crippen molar-refractivity contribution < 1.29 is 13.2 Å². The van der Waals surface area contributed by atoms with Gasteiger partial charge in [-0.25, -0.2) is 0 Å². The van der Waals surface area contributed by atoms with E-state index in [0.717, 1.165) is 18.2 Å². The minimum Gasteiger partial charge on any atom is -0.166 e. The number of hydrogen-bond acceptors (Lipinski definition) is 0. The second-order valence-corrected chi connectivity index (χ2v) is 2.33. The average molecular weight is 180 g/mol. The van der Waals surface area contributed by atoms with Crippen LogP contribution >= 0.6 is 11.6 Å². The van der Waals surface area contributed by atoms with Crippen LogP contribution in [-0.4, -0.2) is 0 Å². The van der Waals surface area contributed by atoms with Gasteiger partial charge in [0.1, 0.15) is 0 Å². The molecular weight excluding hydrogens is 177 g/mol. The van der Waals surface area contributed by atoms with E-state index in [1.807, 2.05) is 0 Å². The summed E-state index contributed by atoms with van der Waals surface area (Å²) in [6.07, 6.45) is -4.32. The molecule has 0 unspecified atom stereocenters. The van der Waals surface area contributed by atoms with Gasteiger partial charge in [-0.2, -0.15) is 13.2 Å². The molecule has 0 aromatic heterocycles. The summed E-state index contributed by atoms with van der Waals surface area (Å²) in [7, 11) is 0. The quantitative estimate of drug-likeness (QED) is 0.574. The fourth-order valence-corrected chi connectivity index (χ4v) is 0.794. The summed E-state index contributed by atoms with van der Waals surface area (Å²) < 4.78 is 35.7. The molecule has 59 valence electrons. The first kappa shape index (κ1) is 8.40. The van der Waals surface area contributed by atoms with Crippen LogP contribution in [0.2, 0.25) is 5.02 Å². The number of halogens is 4. The van der Waals surface area contributed by atoms with Gasteiger partial charge in [0.05, 0.1) is 5.56 Å². The van der Waals surface area contributed by atoms with Crippen molar-refractivity contribution in [3.05, 3.63) is 34.9 Å². The van der Waals surface area contributed by atoms with Gasteiger partial charge >= 0.3 is 6.18 Å². The van der Waals surface area contributed by atoms with E-state index in [-0.39, 0.29) is 5.02 Å². The number of benzene rings is 1. The van der Waals surface area contributed by atoms with Gasteiger partial charge < -0.3 is 0 Å². The Labute approximate surface area is 66.6 Å². The lowest BCUT2D eigenvalue weighted by Crippen LogP contribution is -2.03. The van der Waals surface area contributed by atoms with Crippen LogP contribution in [-0.2, 0) is 6.18 Å². The molecule has 0 atom stereocenters. The second kappa shape index (κ2) is 2.74. The van der Waals surface area contributed by atoms with Gasteiger partial charge in [-0.3, -0.25) is 0 Å². The Balaban J connectivity index is 3.06. The molecule has 0 aliphatic heterocycles. The molecule has 0 aliphatic carbocycles. The lowest BCUT2D eigenvalue weighted by molar-refractivity contribution is -0.137. The monoisotopic (exact) mass is 179 g/mol. The van der Waals surface area contributed by atoms with Crippen LogP contribution in [0.1, 0.15) is 5.56 Å². The van der Waals surface area contributed by atoms with Crippen molar-refractivity contribution in [3.8, 4) is 0 Å². The molecule has 11 heavy (non-hydrogen) atoms. The van der Waals surface area contributed by atoms with Crippen molar-refractivity contribution in [2.45, 2.75) is 6.18 Å². The Morgan fingerprint density at radius 1 is 1.36 bits per heavy atom.